The highest BCUT2D eigenvalue weighted by atomic mass is 32.1. The third kappa shape index (κ3) is 4.12. The summed E-state index contributed by atoms with van der Waals surface area (Å²) in [7, 11) is 1.53. The Morgan fingerprint density at radius 3 is 2.41 bits per heavy atom. The fourth-order valence-electron chi connectivity index (χ4n) is 3.84. The number of nitriles is 1. The molecule has 1 aromatic heterocycles. The van der Waals surface area contributed by atoms with Gasteiger partial charge < -0.3 is 15.4 Å². The van der Waals surface area contributed by atoms with Crippen molar-refractivity contribution in [3.8, 4) is 22.9 Å². The van der Waals surface area contributed by atoms with Crippen molar-refractivity contribution in [2.24, 2.45) is 0 Å². The van der Waals surface area contributed by atoms with E-state index in [4.69, 9.17) is 4.74 Å². The van der Waals surface area contributed by atoms with E-state index in [-0.39, 0.29) is 11.8 Å². The maximum atomic E-state index is 12.7. The van der Waals surface area contributed by atoms with Gasteiger partial charge in [0, 0.05) is 22.2 Å². The van der Waals surface area contributed by atoms with Crippen LogP contribution in [0.1, 0.15) is 32.9 Å². The van der Waals surface area contributed by atoms with Gasteiger partial charge in [0.25, 0.3) is 11.8 Å². The fraction of sp³-hybridized carbons (Fsp3) is 0.148. The monoisotopic (exact) mass is 467 g/mol. The standard InChI is InChI=1S/C27H21N3O3S/c1-33-23-22(15-34-24(23)26(32)30-27(16-28)12-13-27)18-8-10-21(11-9-18)29-25(31)20-7-6-17-4-2-3-5-19(17)14-20/h2-11,14-15H,12-13H2,1H3,(H,29,31)(H,30,32). The summed E-state index contributed by atoms with van der Waals surface area (Å²) in [6.07, 6.45) is 1.34. The van der Waals surface area contributed by atoms with Crippen LogP contribution in [0.4, 0.5) is 5.69 Å². The molecular weight excluding hydrogens is 446 g/mol. The summed E-state index contributed by atoms with van der Waals surface area (Å²) < 4.78 is 5.55. The van der Waals surface area contributed by atoms with Gasteiger partial charge in [0.1, 0.15) is 16.2 Å². The zero-order valence-electron chi connectivity index (χ0n) is 18.4. The van der Waals surface area contributed by atoms with Crippen molar-refractivity contribution >= 4 is 39.6 Å². The molecule has 1 aliphatic rings. The van der Waals surface area contributed by atoms with Crippen molar-refractivity contribution in [3.05, 3.63) is 82.6 Å². The van der Waals surface area contributed by atoms with Crippen LogP contribution in [0.5, 0.6) is 5.75 Å². The second-order valence-corrected chi connectivity index (χ2v) is 9.13. The number of rotatable bonds is 6. The van der Waals surface area contributed by atoms with E-state index < -0.39 is 5.54 Å². The van der Waals surface area contributed by atoms with Crippen LogP contribution in [-0.2, 0) is 0 Å². The third-order valence-electron chi connectivity index (χ3n) is 5.94. The molecule has 0 unspecified atom stereocenters. The van der Waals surface area contributed by atoms with Crippen LogP contribution < -0.4 is 15.4 Å². The van der Waals surface area contributed by atoms with E-state index in [1.54, 1.807) is 0 Å². The second kappa shape index (κ2) is 8.65. The minimum Gasteiger partial charge on any atom is -0.494 e. The number of nitrogens with one attached hydrogen (secondary N) is 2. The molecule has 2 N–H and O–H groups in total. The number of fused-ring (bicyclic) bond motifs is 1. The molecule has 4 aromatic rings. The molecule has 0 atom stereocenters. The molecule has 0 bridgehead atoms. The van der Waals surface area contributed by atoms with Gasteiger partial charge in [0.2, 0.25) is 0 Å². The highest BCUT2D eigenvalue weighted by Crippen LogP contribution is 2.40. The summed E-state index contributed by atoms with van der Waals surface area (Å²) in [5.74, 6) is -0.00678. The van der Waals surface area contributed by atoms with Gasteiger partial charge in [0.15, 0.2) is 0 Å². The van der Waals surface area contributed by atoms with Crippen molar-refractivity contribution in [1.82, 2.24) is 5.32 Å². The largest absolute Gasteiger partial charge is 0.494 e. The number of benzene rings is 3. The number of methoxy groups -OCH3 is 1. The number of hydrogen-bond acceptors (Lipinski definition) is 5. The van der Waals surface area contributed by atoms with Crippen LogP contribution in [0, 0.1) is 11.3 Å². The maximum absolute atomic E-state index is 12.7. The Morgan fingerprint density at radius 2 is 1.74 bits per heavy atom. The molecular formula is C27H21N3O3S. The summed E-state index contributed by atoms with van der Waals surface area (Å²) in [6.45, 7) is 0. The first-order valence-electron chi connectivity index (χ1n) is 10.8. The van der Waals surface area contributed by atoms with Gasteiger partial charge in [0.05, 0.1) is 13.2 Å². The Bertz CT molecular complexity index is 1450. The number of ether oxygens (including phenoxy) is 1. The summed E-state index contributed by atoms with van der Waals surface area (Å²) >= 11 is 1.28. The Hall–Kier alpha value is -4.15. The summed E-state index contributed by atoms with van der Waals surface area (Å²) in [5.41, 5.74) is 2.16. The van der Waals surface area contributed by atoms with Crippen LogP contribution in [-0.4, -0.2) is 24.5 Å². The van der Waals surface area contributed by atoms with Crippen LogP contribution in [0.2, 0.25) is 0 Å². The average Bonchev–Trinajstić information content (AvgIpc) is 3.51. The summed E-state index contributed by atoms with van der Waals surface area (Å²) in [6, 6.07) is 23.1. The maximum Gasteiger partial charge on any atom is 0.266 e. The van der Waals surface area contributed by atoms with Crippen molar-refractivity contribution in [3.63, 3.8) is 0 Å². The van der Waals surface area contributed by atoms with Crippen molar-refractivity contribution < 1.29 is 14.3 Å². The number of amides is 2. The first-order valence-corrected chi connectivity index (χ1v) is 11.7. The minimum atomic E-state index is -0.739. The van der Waals surface area contributed by atoms with Gasteiger partial charge in [-0.3, -0.25) is 9.59 Å². The number of nitrogens with zero attached hydrogens (tertiary/aromatic N) is 1. The van der Waals surface area contributed by atoms with Gasteiger partial charge in [-0.15, -0.1) is 11.3 Å². The molecule has 0 spiro atoms. The Kier molecular flexibility index (Phi) is 5.52. The van der Waals surface area contributed by atoms with E-state index in [1.165, 1.54) is 18.4 Å². The van der Waals surface area contributed by atoms with E-state index in [2.05, 4.69) is 16.7 Å². The molecule has 0 aliphatic heterocycles. The minimum absolute atomic E-state index is 0.183. The predicted molar refractivity (Wildman–Crippen MR) is 133 cm³/mol. The molecule has 1 heterocycles. The summed E-state index contributed by atoms with van der Waals surface area (Å²) in [5, 5.41) is 19.0. The molecule has 0 saturated heterocycles. The molecule has 3 aromatic carbocycles. The average molecular weight is 468 g/mol. The molecule has 1 aliphatic carbocycles. The van der Waals surface area contributed by atoms with Crippen LogP contribution in [0.25, 0.3) is 21.9 Å². The number of thiophene rings is 1. The quantitative estimate of drug-likeness (QED) is 0.385. The molecule has 1 fully saturated rings. The SMILES string of the molecule is COc1c(-c2ccc(NC(=O)c3ccc4ccccc4c3)cc2)csc1C(=O)NC1(C#N)CC1. The lowest BCUT2D eigenvalue weighted by atomic mass is 10.1. The van der Waals surface area contributed by atoms with E-state index in [0.717, 1.165) is 21.9 Å². The van der Waals surface area contributed by atoms with Gasteiger partial charge in [-0.25, -0.2) is 0 Å². The van der Waals surface area contributed by atoms with E-state index >= 15 is 0 Å². The van der Waals surface area contributed by atoms with Crippen LogP contribution >= 0.6 is 11.3 Å². The molecule has 34 heavy (non-hydrogen) atoms. The molecule has 1 saturated carbocycles. The molecule has 7 heteroatoms. The number of carbonyl (C=O) groups is 2. The molecule has 6 nitrogen and oxygen atoms in total. The Morgan fingerprint density at radius 1 is 1.00 bits per heavy atom. The zero-order chi connectivity index (χ0) is 23.7. The number of hydrogen-bond donors (Lipinski definition) is 2. The Balaban J connectivity index is 1.33. The van der Waals surface area contributed by atoms with Gasteiger partial charge in [-0.2, -0.15) is 5.26 Å². The third-order valence-corrected chi connectivity index (χ3v) is 6.90. The smallest absolute Gasteiger partial charge is 0.266 e. The van der Waals surface area contributed by atoms with Gasteiger partial charge in [-0.1, -0.05) is 42.5 Å². The van der Waals surface area contributed by atoms with Gasteiger partial charge >= 0.3 is 0 Å². The number of carbonyl (C=O) groups excluding carboxylic acids is 2. The lowest BCUT2D eigenvalue weighted by Gasteiger charge is -2.11. The molecule has 2 amide bonds. The lowest BCUT2D eigenvalue weighted by Crippen LogP contribution is -2.35. The summed E-state index contributed by atoms with van der Waals surface area (Å²) in [4.78, 5) is 25.9. The van der Waals surface area contributed by atoms with Gasteiger partial charge in [-0.05, 0) is 53.4 Å². The first kappa shape index (κ1) is 21.7. The zero-order valence-corrected chi connectivity index (χ0v) is 19.2. The normalized spacial score (nSPS) is 13.6. The molecule has 5 rings (SSSR count). The topological polar surface area (TPSA) is 91.2 Å². The first-order chi connectivity index (χ1) is 16.5. The van der Waals surface area contributed by atoms with E-state index in [1.807, 2.05) is 72.1 Å². The highest BCUT2D eigenvalue weighted by Gasteiger charge is 2.45. The fourth-order valence-corrected chi connectivity index (χ4v) is 4.77. The van der Waals surface area contributed by atoms with E-state index in [9.17, 15) is 14.9 Å². The van der Waals surface area contributed by atoms with Crippen molar-refractivity contribution in [1.29, 1.82) is 5.26 Å². The van der Waals surface area contributed by atoms with Crippen LogP contribution in [0.15, 0.2) is 72.1 Å². The predicted octanol–water partition coefficient (Wildman–Crippen LogP) is 5.62. The van der Waals surface area contributed by atoms with Crippen molar-refractivity contribution in [2.45, 2.75) is 18.4 Å². The molecule has 0 radical (unpaired) electrons. The van der Waals surface area contributed by atoms with Crippen LogP contribution in [0.3, 0.4) is 0 Å². The molecule has 168 valence electrons. The van der Waals surface area contributed by atoms with E-state index in [0.29, 0.717) is 34.7 Å². The highest BCUT2D eigenvalue weighted by molar-refractivity contribution is 7.13. The van der Waals surface area contributed by atoms with Crippen molar-refractivity contribution in [2.75, 3.05) is 12.4 Å². The second-order valence-electron chi connectivity index (χ2n) is 8.25. The lowest BCUT2D eigenvalue weighted by molar-refractivity contribution is 0.0942. The number of anilines is 1. The Labute approximate surface area is 200 Å².